The summed E-state index contributed by atoms with van der Waals surface area (Å²) in [6.45, 7) is 2.26. The second-order valence-corrected chi connectivity index (χ2v) is 6.84. The van der Waals surface area contributed by atoms with E-state index < -0.39 is 0 Å². The third-order valence-electron chi connectivity index (χ3n) is 4.15. The SMILES string of the molecule is C[C@H](NCC(=O)Nc1sc2c(c1C#N)CCC2)c1ccccc1. The lowest BCUT2D eigenvalue weighted by Crippen LogP contribution is -2.30. The fraction of sp³-hybridized carbons (Fsp3) is 0.333. The molecule has 118 valence electrons. The van der Waals surface area contributed by atoms with Crippen LogP contribution in [0.1, 0.15) is 41.0 Å². The predicted octanol–water partition coefficient (Wildman–Crippen LogP) is 3.40. The van der Waals surface area contributed by atoms with Crippen molar-refractivity contribution in [2.75, 3.05) is 11.9 Å². The summed E-state index contributed by atoms with van der Waals surface area (Å²) in [6, 6.07) is 12.4. The van der Waals surface area contributed by atoms with Gasteiger partial charge in [-0.2, -0.15) is 5.26 Å². The van der Waals surface area contributed by atoms with E-state index in [-0.39, 0.29) is 18.5 Å². The van der Waals surface area contributed by atoms with E-state index in [1.54, 1.807) is 11.3 Å². The first-order chi connectivity index (χ1) is 11.2. The van der Waals surface area contributed by atoms with E-state index in [1.165, 1.54) is 4.88 Å². The molecule has 1 aliphatic rings. The number of nitrogens with zero attached hydrogens (tertiary/aromatic N) is 1. The summed E-state index contributed by atoms with van der Waals surface area (Å²) >= 11 is 1.55. The van der Waals surface area contributed by atoms with Crippen LogP contribution in [0, 0.1) is 11.3 Å². The van der Waals surface area contributed by atoms with Gasteiger partial charge in [0.1, 0.15) is 11.1 Å². The highest BCUT2D eigenvalue weighted by Crippen LogP contribution is 2.38. The topological polar surface area (TPSA) is 64.9 Å². The predicted molar refractivity (Wildman–Crippen MR) is 92.5 cm³/mol. The summed E-state index contributed by atoms with van der Waals surface area (Å²) < 4.78 is 0. The molecule has 0 bridgehead atoms. The molecule has 23 heavy (non-hydrogen) atoms. The van der Waals surface area contributed by atoms with Gasteiger partial charge in [0, 0.05) is 10.9 Å². The van der Waals surface area contributed by atoms with Gasteiger partial charge in [-0.15, -0.1) is 11.3 Å². The monoisotopic (exact) mass is 325 g/mol. The molecular formula is C18H19N3OS. The van der Waals surface area contributed by atoms with Gasteiger partial charge >= 0.3 is 0 Å². The fourth-order valence-corrected chi connectivity index (χ4v) is 4.14. The Morgan fingerprint density at radius 1 is 1.35 bits per heavy atom. The minimum absolute atomic E-state index is 0.103. The number of carbonyl (C=O) groups is 1. The summed E-state index contributed by atoms with van der Waals surface area (Å²) in [6.07, 6.45) is 3.09. The van der Waals surface area contributed by atoms with Crippen molar-refractivity contribution in [3.8, 4) is 6.07 Å². The second kappa shape index (κ2) is 6.95. The first-order valence-corrected chi connectivity index (χ1v) is 8.63. The molecule has 3 rings (SSSR count). The summed E-state index contributed by atoms with van der Waals surface area (Å²) in [5.74, 6) is -0.107. The number of hydrogen-bond donors (Lipinski definition) is 2. The third kappa shape index (κ3) is 3.44. The normalized spacial score (nSPS) is 14.1. The van der Waals surface area contributed by atoms with Gasteiger partial charge in [-0.3, -0.25) is 4.79 Å². The van der Waals surface area contributed by atoms with E-state index in [0.29, 0.717) is 10.6 Å². The van der Waals surface area contributed by atoms with E-state index in [0.717, 1.165) is 30.4 Å². The number of nitrogens with one attached hydrogen (secondary N) is 2. The Morgan fingerprint density at radius 2 is 2.13 bits per heavy atom. The van der Waals surface area contributed by atoms with Gasteiger partial charge in [-0.1, -0.05) is 30.3 Å². The Balaban J connectivity index is 1.59. The minimum Gasteiger partial charge on any atom is -0.315 e. The molecule has 0 radical (unpaired) electrons. The molecule has 0 unspecified atom stereocenters. The van der Waals surface area contributed by atoms with Crippen LogP contribution in [0.15, 0.2) is 30.3 Å². The number of thiophene rings is 1. The molecule has 2 aromatic rings. The van der Waals surface area contributed by atoms with Crippen LogP contribution in [0.25, 0.3) is 0 Å². The first kappa shape index (κ1) is 15.7. The van der Waals surface area contributed by atoms with Gasteiger partial charge in [0.05, 0.1) is 12.1 Å². The molecule has 0 saturated heterocycles. The molecular weight excluding hydrogens is 306 g/mol. The Labute approximate surface area is 140 Å². The highest BCUT2D eigenvalue weighted by Gasteiger charge is 2.23. The van der Waals surface area contributed by atoms with Crippen LogP contribution in [0.4, 0.5) is 5.00 Å². The Kier molecular flexibility index (Phi) is 4.75. The zero-order chi connectivity index (χ0) is 16.2. The maximum atomic E-state index is 12.2. The lowest BCUT2D eigenvalue weighted by atomic mass is 10.1. The number of nitriles is 1. The molecule has 1 atom stereocenters. The molecule has 1 aliphatic carbocycles. The van der Waals surface area contributed by atoms with Gasteiger partial charge < -0.3 is 10.6 Å². The largest absolute Gasteiger partial charge is 0.315 e. The van der Waals surface area contributed by atoms with Crippen LogP contribution in [0.2, 0.25) is 0 Å². The average molecular weight is 325 g/mol. The molecule has 1 aromatic carbocycles. The van der Waals surface area contributed by atoms with Crippen molar-refractivity contribution in [3.63, 3.8) is 0 Å². The number of fused-ring (bicyclic) bond motifs is 1. The smallest absolute Gasteiger partial charge is 0.238 e. The Hall–Kier alpha value is -2.16. The zero-order valence-corrected chi connectivity index (χ0v) is 13.9. The van der Waals surface area contributed by atoms with E-state index in [9.17, 15) is 10.1 Å². The minimum atomic E-state index is -0.107. The van der Waals surface area contributed by atoms with Crippen molar-refractivity contribution in [3.05, 3.63) is 51.9 Å². The highest BCUT2D eigenvalue weighted by molar-refractivity contribution is 7.16. The Morgan fingerprint density at radius 3 is 2.87 bits per heavy atom. The van der Waals surface area contributed by atoms with Gasteiger partial charge in [0.15, 0.2) is 0 Å². The summed E-state index contributed by atoms with van der Waals surface area (Å²) in [5, 5.41) is 16.2. The van der Waals surface area contributed by atoms with Crippen molar-refractivity contribution in [2.24, 2.45) is 0 Å². The van der Waals surface area contributed by atoms with E-state index >= 15 is 0 Å². The van der Waals surface area contributed by atoms with Crippen LogP contribution in [-0.2, 0) is 17.6 Å². The van der Waals surface area contributed by atoms with Crippen molar-refractivity contribution >= 4 is 22.2 Å². The van der Waals surface area contributed by atoms with Crippen molar-refractivity contribution in [1.29, 1.82) is 5.26 Å². The highest BCUT2D eigenvalue weighted by atomic mass is 32.1. The maximum Gasteiger partial charge on any atom is 0.238 e. The quantitative estimate of drug-likeness (QED) is 0.885. The van der Waals surface area contributed by atoms with Gasteiger partial charge in [0.25, 0.3) is 0 Å². The summed E-state index contributed by atoms with van der Waals surface area (Å²) in [5.41, 5.74) is 2.94. The van der Waals surface area contributed by atoms with Crippen molar-refractivity contribution in [2.45, 2.75) is 32.2 Å². The fourth-order valence-electron chi connectivity index (χ4n) is 2.89. The van der Waals surface area contributed by atoms with Crippen molar-refractivity contribution < 1.29 is 4.79 Å². The molecule has 0 saturated carbocycles. The third-order valence-corrected chi connectivity index (χ3v) is 5.36. The molecule has 1 amide bonds. The van der Waals surface area contributed by atoms with Crippen LogP contribution < -0.4 is 10.6 Å². The number of amides is 1. The number of anilines is 1. The zero-order valence-electron chi connectivity index (χ0n) is 13.1. The van der Waals surface area contributed by atoms with Gasteiger partial charge in [0.2, 0.25) is 5.91 Å². The summed E-state index contributed by atoms with van der Waals surface area (Å²) in [4.78, 5) is 13.4. The van der Waals surface area contributed by atoms with Crippen LogP contribution in [0.3, 0.4) is 0 Å². The molecule has 1 aromatic heterocycles. The van der Waals surface area contributed by atoms with E-state index in [4.69, 9.17) is 0 Å². The number of rotatable bonds is 5. The van der Waals surface area contributed by atoms with Crippen LogP contribution >= 0.6 is 11.3 Å². The van der Waals surface area contributed by atoms with E-state index in [1.807, 2.05) is 37.3 Å². The molecule has 0 spiro atoms. The molecule has 4 nitrogen and oxygen atoms in total. The second-order valence-electron chi connectivity index (χ2n) is 5.73. The van der Waals surface area contributed by atoms with Crippen molar-refractivity contribution in [1.82, 2.24) is 5.32 Å². The first-order valence-electron chi connectivity index (χ1n) is 7.82. The number of benzene rings is 1. The van der Waals surface area contributed by atoms with Crippen LogP contribution in [-0.4, -0.2) is 12.5 Å². The van der Waals surface area contributed by atoms with Gasteiger partial charge in [-0.05, 0) is 37.3 Å². The molecule has 2 N–H and O–H groups in total. The number of aryl methyl sites for hydroxylation is 1. The molecule has 0 fully saturated rings. The summed E-state index contributed by atoms with van der Waals surface area (Å²) in [7, 11) is 0. The molecule has 5 heteroatoms. The number of hydrogen-bond acceptors (Lipinski definition) is 4. The lowest BCUT2D eigenvalue weighted by molar-refractivity contribution is -0.115. The lowest BCUT2D eigenvalue weighted by Gasteiger charge is -2.13. The molecule has 0 aliphatic heterocycles. The van der Waals surface area contributed by atoms with E-state index in [2.05, 4.69) is 16.7 Å². The Bertz CT molecular complexity index is 746. The van der Waals surface area contributed by atoms with Crippen LogP contribution in [0.5, 0.6) is 0 Å². The maximum absolute atomic E-state index is 12.2. The van der Waals surface area contributed by atoms with Gasteiger partial charge in [-0.25, -0.2) is 0 Å². The standard InChI is InChI=1S/C18H19N3OS/c1-12(13-6-3-2-4-7-13)20-11-17(22)21-18-15(10-19)14-8-5-9-16(14)23-18/h2-4,6-7,12,20H,5,8-9,11H2,1H3,(H,21,22)/t12-/m0/s1. The number of carbonyl (C=O) groups excluding carboxylic acids is 1. The average Bonchev–Trinajstić information content (AvgIpc) is 3.14. The molecule has 1 heterocycles.